The van der Waals surface area contributed by atoms with Gasteiger partial charge < -0.3 is 15.2 Å². The molecule has 1 aliphatic rings. The van der Waals surface area contributed by atoms with Gasteiger partial charge in [0, 0.05) is 12.1 Å². The predicted molar refractivity (Wildman–Crippen MR) is 73.8 cm³/mol. The number of aliphatic hydroxyl groups is 1. The number of rotatable bonds is 5. The van der Waals surface area contributed by atoms with Crippen molar-refractivity contribution < 1.29 is 14.6 Å². The fraction of sp³-hybridized carbons (Fsp3) is 0.400. The third-order valence-electron chi connectivity index (χ3n) is 3.16. The first-order valence-corrected chi connectivity index (χ1v) is 6.59. The van der Waals surface area contributed by atoms with Crippen LogP contribution in [-0.4, -0.2) is 30.3 Å². The molecule has 0 aromatic heterocycles. The van der Waals surface area contributed by atoms with Gasteiger partial charge in [0.1, 0.15) is 12.4 Å². The summed E-state index contributed by atoms with van der Waals surface area (Å²) in [4.78, 5) is 11.9. The van der Waals surface area contributed by atoms with Gasteiger partial charge in [-0.3, -0.25) is 4.79 Å². The summed E-state index contributed by atoms with van der Waals surface area (Å²) < 4.78 is 5.53. The van der Waals surface area contributed by atoms with E-state index in [1.165, 1.54) is 0 Å². The van der Waals surface area contributed by atoms with Crippen molar-refractivity contribution in [2.45, 2.75) is 25.9 Å². The highest BCUT2D eigenvalue weighted by atomic mass is 16.5. The quantitative estimate of drug-likeness (QED) is 0.848. The number of para-hydroxylation sites is 1. The minimum atomic E-state index is -0.349. The highest BCUT2D eigenvalue weighted by molar-refractivity contribution is 5.99. The molecule has 1 aromatic rings. The average Bonchev–Trinajstić information content (AvgIpc) is 2.46. The third-order valence-corrected chi connectivity index (χ3v) is 3.16. The van der Waals surface area contributed by atoms with Gasteiger partial charge in [0.15, 0.2) is 0 Å². The Bertz CT molecular complexity index is 482. The van der Waals surface area contributed by atoms with Gasteiger partial charge in [-0.05, 0) is 25.0 Å². The zero-order chi connectivity index (χ0) is 13.7. The minimum Gasteiger partial charge on any atom is -0.488 e. The second-order valence-corrected chi connectivity index (χ2v) is 4.60. The van der Waals surface area contributed by atoms with E-state index < -0.39 is 0 Å². The molecule has 0 spiro atoms. The third kappa shape index (κ3) is 3.58. The standard InChI is InChI=1S/C15H19NO3/c1-2-13(17)7-8-16-15(18)12-9-11-5-3-4-6-14(11)19-10-12/h3-6,9,13,17H,2,7-8,10H2,1H3,(H,16,18). The fourth-order valence-corrected chi connectivity index (χ4v) is 1.92. The number of carbonyl (C=O) groups is 1. The molecule has 1 atom stereocenters. The van der Waals surface area contributed by atoms with Gasteiger partial charge in [0.2, 0.25) is 0 Å². The van der Waals surface area contributed by atoms with E-state index in [-0.39, 0.29) is 12.0 Å². The van der Waals surface area contributed by atoms with Crippen molar-refractivity contribution >= 4 is 12.0 Å². The van der Waals surface area contributed by atoms with E-state index >= 15 is 0 Å². The van der Waals surface area contributed by atoms with Crippen LogP contribution < -0.4 is 10.1 Å². The molecule has 1 unspecified atom stereocenters. The zero-order valence-electron chi connectivity index (χ0n) is 11.1. The Balaban J connectivity index is 1.92. The monoisotopic (exact) mass is 261 g/mol. The average molecular weight is 261 g/mol. The van der Waals surface area contributed by atoms with Crippen molar-refractivity contribution in [3.05, 3.63) is 35.4 Å². The Hall–Kier alpha value is -1.81. The Labute approximate surface area is 113 Å². The van der Waals surface area contributed by atoms with Gasteiger partial charge in [0.05, 0.1) is 11.7 Å². The summed E-state index contributed by atoms with van der Waals surface area (Å²) in [5.41, 5.74) is 1.54. The molecular formula is C15H19NO3. The number of hydrogen-bond donors (Lipinski definition) is 2. The molecular weight excluding hydrogens is 242 g/mol. The lowest BCUT2D eigenvalue weighted by Crippen LogP contribution is -2.30. The molecule has 1 amide bonds. The van der Waals surface area contributed by atoms with Crippen LogP contribution in [0.3, 0.4) is 0 Å². The van der Waals surface area contributed by atoms with E-state index in [0.717, 1.165) is 11.3 Å². The van der Waals surface area contributed by atoms with E-state index in [1.54, 1.807) is 0 Å². The molecule has 19 heavy (non-hydrogen) atoms. The van der Waals surface area contributed by atoms with Gasteiger partial charge in [-0.15, -0.1) is 0 Å². The Morgan fingerprint density at radius 1 is 1.47 bits per heavy atom. The molecule has 1 heterocycles. The molecule has 0 bridgehead atoms. The molecule has 4 nitrogen and oxygen atoms in total. The van der Waals surface area contributed by atoms with E-state index in [0.29, 0.717) is 31.6 Å². The van der Waals surface area contributed by atoms with Crippen LogP contribution in [0.25, 0.3) is 6.08 Å². The van der Waals surface area contributed by atoms with Gasteiger partial charge >= 0.3 is 0 Å². The number of hydrogen-bond acceptors (Lipinski definition) is 3. The maximum Gasteiger partial charge on any atom is 0.250 e. The maximum absolute atomic E-state index is 11.9. The molecule has 102 valence electrons. The largest absolute Gasteiger partial charge is 0.488 e. The summed E-state index contributed by atoms with van der Waals surface area (Å²) in [5.74, 6) is 0.679. The number of amides is 1. The first-order valence-electron chi connectivity index (χ1n) is 6.59. The lowest BCUT2D eigenvalue weighted by Gasteiger charge is -2.17. The van der Waals surface area contributed by atoms with Crippen LogP contribution in [0.15, 0.2) is 29.8 Å². The van der Waals surface area contributed by atoms with Crippen LogP contribution >= 0.6 is 0 Å². The highest BCUT2D eigenvalue weighted by Gasteiger charge is 2.16. The van der Waals surface area contributed by atoms with E-state index in [2.05, 4.69) is 5.32 Å². The van der Waals surface area contributed by atoms with Crippen LogP contribution in [0, 0.1) is 0 Å². The maximum atomic E-state index is 11.9. The van der Waals surface area contributed by atoms with Crippen molar-refractivity contribution in [1.82, 2.24) is 5.32 Å². The summed E-state index contributed by atoms with van der Waals surface area (Å²) >= 11 is 0. The van der Waals surface area contributed by atoms with Crippen LogP contribution in [-0.2, 0) is 4.79 Å². The van der Waals surface area contributed by atoms with Crippen molar-refractivity contribution in [3.63, 3.8) is 0 Å². The predicted octanol–water partition coefficient (Wildman–Crippen LogP) is 1.74. The normalized spacial score (nSPS) is 14.9. The summed E-state index contributed by atoms with van der Waals surface area (Å²) in [7, 11) is 0. The minimum absolute atomic E-state index is 0.127. The number of aliphatic hydroxyl groups excluding tert-OH is 1. The number of fused-ring (bicyclic) bond motifs is 1. The SMILES string of the molecule is CCC(O)CCNC(=O)C1=Cc2ccccc2OC1. The molecule has 0 saturated heterocycles. The summed E-state index contributed by atoms with van der Waals surface area (Å²) in [5, 5.41) is 12.2. The van der Waals surface area contributed by atoms with Crippen molar-refractivity contribution in [2.75, 3.05) is 13.2 Å². The molecule has 1 aliphatic heterocycles. The van der Waals surface area contributed by atoms with Crippen LogP contribution in [0.4, 0.5) is 0 Å². The topological polar surface area (TPSA) is 58.6 Å². The molecule has 4 heteroatoms. The zero-order valence-corrected chi connectivity index (χ0v) is 11.1. The van der Waals surface area contributed by atoms with Crippen molar-refractivity contribution in [3.8, 4) is 5.75 Å². The smallest absolute Gasteiger partial charge is 0.250 e. The fourth-order valence-electron chi connectivity index (χ4n) is 1.92. The number of carbonyl (C=O) groups excluding carboxylic acids is 1. The van der Waals surface area contributed by atoms with E-state index in [1.807, 2.05) is 37.3 Å². The van der Waals surface area contributed by atoms with Crippen molar-refractivity contribution in [2.24, 2.45) is 0 Å². The lowest BCUT2D eigenvalue weighted by atomic mass is 10.1. The summed E-state index contributed by atoms with van der Waals surface area (Å²) in [6, 6.07) is 7.63. The molecule has 0 radical (unpaired) electrons. The molecule has 1 aromatic carbocycles. The highest BCUT2D eigenvalue weighted by Crippen LogP contribution is 2.25. The van der Waals surface area contributed by atoms with E-state index in [4.69, 9.17) is 4.74 Å². The Kier molecular flexibility index (Phi) is 4.58. The number of benzene rings is 1. The first kappa shape index (κ1) is 13.6. The first-order chi connectivity index (χ1) is 9.20. The molecule has 2 rings (SSSR count). The van der Waals surface area contributed by atoms with Crippen LogP contribution in [0.1, 0.15) is 25.3 Å². The second kappa shape index (κ2) is 6.38. The molecule has 2 N–H and O–H groups in total. The summed E-state index contributed by atoms with van der Waals surface area (Å²) in [6.45, 7) is 2.69. The van der Waals surface area contributed by atoms with Gasteiger partial charge in [0.25, 0.3) is 5.91 Å². The number of ether oxygens (including phenoxy) is 1. The number of nitrogens with one attached hydrogen (secondary N) is 1. The molecule has 0 aliphatic carbocycles. The van der Waals surface area contributed by atoms with Gasteiger partial charge in [-0.1, -0.05) is 25.1 Å². The Morgan fingerprint density at radius 3 is 3.05 bits per heavy atom. The molecule has 0 saturated carbocycles. The lowest BCUT2D eigenvalue weighted by molar-refractivity contribution is -0.117. The van der Waals surface area contributed by atoms with Crippen LogP contribution in [0.5, 0.6) is 5.75 Å². The Morgan fingerprint density at radius 2 is 2.26 bits per heavy atom. The second-order valence-electron chi connectivity index (χ2n) is 4.60. The van der Waals surface area contributed by atoms with E-state index in [9.17, 15) is 9.90 Å². The molecule has 0 fully saturated rings. The van der Waals surface area contributed by atoms with Crippen molar-refractivity contribution in [1.29, 1.82) is 0 Å². The summed E-state index contributed by atoms with van der Waals surface area (Å²) in [6.07, 6.45) is 2.78. The van der Waals surface area contributed by atoms with Gasteiger partial charge in [-0.2, -0.15) is 0 Å². The van der Waals surface area contributed by atoms with Crippen LogP contribution in [0.2, 0.25) is 0 Å². The van der Waals surface area contributed by atoms with Gasteiger partial charge in [-0.25, -0.2) is 0 Å².